The Hall–Kier alpha value is -2.80. The largest absolute Gasteiger partial charge is 0.460 e. The van der Waals surface area contributed by atoms with Crippen molar-refractivity contribution in [3.05, 3.63) is 46.8 Å². The van der Waals surface area contributed by atoms with Gasteiger partial charge in [-0.25, -0.2) is 0 Å². The Kier molecular flexibility index (Phi) is 6.09. The first-order chi connectivity index (χ1) is 13.9. The molecular formula is C17H13F10N3O. The van der Waals surface area contributed by atoms with Crippen LogP contribution in [0.15, 0.2) is 24.3 Å². The van der Waals surface area contributed by atoms with Crippen molar-refractivity contribution in [2.75, 3.05) is 5.32 Å². The summed E-state index contributed by atoms with van der Waals surface area (Å²) in [5.74, 6) is -15.7. The van der Waals surface area contributed by atoms with E-state index in [0.717, 1.165) is 36.7 Å². The molecule has 1 N–H and O–H groups in total. The van der Waals surface area contributed by atoms with Crippen molar-refractivity contribution in [2.24, 2.45) is 0 Å². The molecule has 0 atom stereocenters. The maximum atomic E-state index is 13.5. The number of nitrogens with one attached hydrogen (secondary N) is 1. The fourth-order valence-corrected chi connectivity index (χ4v) is 2.56. The fourth-order valence-electron chi connectivity index (χ4n) is 2.56. The molecule has 1 amide bonds. The van der Waals surface area contributed by atoms with Crippen LogP contribution in [0.25, 0.3) is 0 Å². The van der Waals surface area contributed by atoms with E-state index < -0.39 is 41.4 Å². The van der Waals surface area contributed by atoms with E-state index in [0.29, 0.717) is 0 Å². The van der Waals surface area contributed by atoms with Gasteiger partial charge in [0.15, 0.2) is 0 Å². The highest BCUT2D eigenvalue weighted by Gasteiger charge is 2.76. The second-order valence-corrected chi connectivity index (χ2v) is 6.50. The highest BCUT2D eigenvalue weighted by molar-refractivity contribution is 5.97. The average molecular weight is 465 g/mol. The molecule has 0 aliphatic rings. The molecule has 1 heterocycles. The number of amides is 1. The van der Waals surface area contributed by atoms with Gasteiger partial charge in [-0.15, -0.1) is 0 Å². The highest BCUT2D eigenvalue weighted by atomic mass is 19.4. The average Bonchev–Trinajstić information content (AvgIpc) is 2.87. The molecule has 2 rings (SSSR count). The monoisotopic (exact) mass is 465 g/mol. The molecule has 1 aromatic carbocycles. The quantitative estimate of drug-likeness (QED) is 0.607. The Morgan fingerprint density at radius 3 is 2.10 bits per heavy atom. The predicted octanol–water partition coefficient (Wildman–Crippen LogP) is 5.34. The Bertz CT molecular complexity index is 976. The first-order valence-corrected chi connectivity index (χ1v) is 8.23. The van der Waals surface area contributed by atoms with Crippen molar-refractivity contribution >= 4 is 11.6 Å². The van der Waals surface area contributed by atoms with Crippen LogP contribution < -0.4 is 5.32 Å². The minimum absolute atomic E-state index is 0.0761. The lowest BCUT2D eigenvalue weighted by Gasteiger charge is -2.27. The number of carbonyl (C=O) groups excluding carboxylic acids is 1. The summed E-state index contributed by atoms with van der Waals surface area (Å²) in [5.41, 5.74) is -1.87. The number of nitrogens with zero attached hydrogens (tertiary/aromatic N) is 2. The van der Waals surface area contributed by atoms with Crippen LogP contribution >= 0.6 is 0 Å². The number of benzene rings is 1. The van der Waals surface area contributed by atoms with Gasteiger partial charge in [0.05, 0.1) is 29.2 Å². The molecule has 0 saturated carbocycles. The molecule has 0 spiro atoms. The third-order valence-corrected chi connectivity index (χ3v) is 4.24. The first kappa shape index (κ1) is 24.5. The molecule has 2 aromatic rings. The lowest BCUT2D eigenvalue weighted by molar-refractivity contribution is -0.343. The number of aromatic nitrogens is 2. The van der Waals surface area contributed by atoms with Crippen molar-refractivity contribution < 1.29 is 48.7 Å². The summed E-state index contributed by atoms with van der Waals surface area (Å²) in [6, 6.07) is 3.99. The molecule has 31 heavy (non-hydrogen) atoms. The van der Waals surface area contributed by atoms with Crippen molar-refractivity contribution in [3.8, 4) is 0 Å². The molecule has 14 heteroatoms. The van der Waals surface area contributed by atoms with Crippen LogP contribution in [0.2, 0.25) is 0 Å². The Morgan fingerprint density at radius 2 is 1.58 bits per heavy atom. The predicted molar refractivity (Wildman–Crippen MR) is 86.8 cm³/mol. The molecule has 0 aliphatic heterocycles. The zero-order valence-electron chi connectivity index (χ0n) is 15.6. The van der Waals surface area contributed by atoms with Gasteiger partial charge in [-0.2, -0.15) is 49.0 Å². The SMILES string of the molecule is Cc1nn(Cc2cccc(C(F)(F)F)c2)c(C)c1NC(=O)C(F)(F)C(F)(F)C(F)(F)F. The molecule has 172 valence electrons. The van der Waals surface area contributed by atoms with E-state index in [1.807, 2.05) is 0 Å². The van der Waals surface area contributed by atoms with Crippen LogP contribution in [0.5, 0.6) is 0 Å². The maximum absolute atomic E-state index is 13.5. The van der Waals surface area contributed by atoms with Gasteiger partial charge in [0.1, 0.15) is 0 Å². The number of hydrogen-bond acceptors (Lipinski definition) is 2. The fraction of sp³-hybridized carbons (Fsp3) is 0.412. The van der Waals surface area contributed by atoms with Gasteiger partial charge >= 0.3 is 30.1 Å². The number of hydrogen-bond donors (Lipinski definition) is 1. The van der Waals surface area contributed by atoms with E-state index in [9.17, 15) is 48.7 Å². The van der Waals surface area contributed by atoms with E-state index in [4.69, 9.17) is 0 Å². The summed E-state index contributed by atoms with van der Waals surface area (Å²) < 4.78 is 129. The topological polar surface area (TPSA) is 46.9 Å². The van der Waals surface area contributed by atoms with Crippen LogP contribution in [0, 0.1) is 13.8 Å². The summed E-state index contributed by atoms with van der Waals surface area (Å²) in [5, 5.41) is 5.12. The molecular weight excluding hydrogens is 452 g/mol. The van der Waals surface area contributed by atoms with Crippen LogP contribution in [0.3, 0.4) is 0 Å². The molecule has 0 radical (unpaired) electrons. The van der Waals surface area contributed by atoms with E-state index in [-0.39, 0.29) is 23.5 Å². The summed E-state index contributed by atoms with van der Waals surface area (Å²) in [7, 11) is 0. The van der Waals surface area contributed by atoms with Crippen LogP contribution in [0.1, 0.15) is 22.5 Å². The van der Waals surface area contributed by atoms with E-state index in [1.54, 1.807) is 0 Å². The van der Waals surface area contributed by atoms with E-state index in [1.165, 1.54) is 11.4 Å². The van der Waals surface area contributed by atoms with Gasteiger partial charge < -0.3 is 5.32 Å². The van der Waals surface area contributed by atoms with Crippen molar-refractivity contribution in [2.45, 2.75) is 44.6 Å². The van der Waals surface area contributed by atoms with Gasteiger partial charge in [0, 0.05) is 0 Å². The number of alkyl halides is 10. The Labute approximate surface area is 167 Å². The summed E-state index contributed by atoms with van der Waals surface area (Å²) in [6.45, 7) is 1.95. The van der Waals surface area contributed by atoms with Gasteiger partial charge in [-0.05, 0) is 31.5 Å². The number of halogens is 10. The van der Waals surface area contributed by atoms with Gasteiger partial charge in [-0.1, -0.05) is 12.1 Å². The summed E-state index contributed by atoms with van der Waals surface area (Å²) in [4.78, 5) is 11.6. The summed E-state index contributed by atoms with van der Waals surface area (Å²) >= 11 is 0. The number of anilines is 1. The standard InChI is InChI=1S/C17H13F10N3O/c1-8-12(28-13(31)14(18,19)16(23,24)17(25,26)27)9(2)30(29-8)7-10-4-3-5-11(6-10)15(20,21)22/h3-6H,7H2,1-2H3,(H,28,31). The Morgan fingerprint density at radius 1 is 1.00 bits per heavy atom. The molecule has 0 bridgehead atoms. The normalized spacial score (nSPS) is 13.4. The third kappa shape index (κ3) is 4.61. The maximum Gasteiger partial charge on any atom is 0.460 e. The smallest absolute Gasteiger partial charge is 0.317 e. The molecule has 0 saturated heterocycles. The number of carbonyl (C=O) groups is 1. The lowest BCUT2D eigenvalue weighted by atomic mass is 10.1. The van der Waals surface area contributed by atoms with Gasteiger partial charge in [0.25, 0.3) is 0 Å². The second-order valence-electron chi connectivity index (χ2n) is 6.50. The second kappa shape index (κ2) is 7.71. The number of rotatable bonds is 5. The van der Waals surface area contributed by atoms with Gasteiger partial charge in [0.2, 0.25) is 0 Å². The number of aryl methyl sites for hydroxylation is 1. The van der Waals surface area contributed by atoms with Crippen molar-refractivity contribution in [3.63, 3.8) is 0 Å². The van der Waals surface area contributed by atoms with Crippen molar-refractivity contribution in [1.82, 2.24) is 9.78 Å². The highest BCUT2D eigenvalue weighted by Crippen LogP contribution is 2.47. The Balaban J connectivity index is 2.31. The molecule has 0 fully saturated rings. The van der Waals surface area contributed by atoms with Gasteiger partial charge in [-0.3, -0.25) is 9.48 Å². The first-order valence-electron chi connectivity index (χ1n) is 8.23. The third-order valence-electron chi connectivity index (χ3n) is 4.24. The lowest BCUT2D eigenvalue weighted by Crippen LogP contribution is -2.57. The summed E-state index contributed by atoms with van der Waals surface area (Å²) in [6.07, 6.45) is -11.3. The zero-order valence-corrected chi connectivity index (χ0v) is 15.6. The van der Waals surface area contributed by atoms with Crippen molar-refractivity contribution in [1.29, 1.82) is 0 Å². The molecule has 0 unspecified atom stereocenters. The minimum Gasteiger partial charge on any atom is -0.317 e. The van der Waals surface area contributed by atoms with Crippen LogP contribution in [-0.4, -0.2) is 33.7 Å². The molecule has 0 aliphatic carbocycles. The van der Waals surface area contributed by atoms with E-state index >= 15 is 0 Å². The molecule has 1 aromatic heterocycles. The van der Waals surface area contributed by atoms with E-state index in [2.05, 4.69) is 5.10 Å². The minimum atomic E-state index is -6.69. The van der Waals surface area contributed by atoms with Crippen LogP contribution in [-0.2, 0) is 17.5 Å². The molecule has 4 nitrogen and oxygen atoms in total. The van der Waals surface area contributed by atoms with Crippen LogP contribution in [0.4, 0.5) is 49.6 Å². The zero-order chi connectivity index (χ0) is 24.0.